The van der Waals surface area contributed by atoms with Crippen LogP contribution in [0.15, 0.2) is 72.3 Å². The van der Waals surface area contributed by atoms with Crippen molar-refractivity contribution < 1.29 is 13.2 Å². The van der Waals surface area contributed by atoms with Crippen LogP contribution in [0.4, 0.5) is 0 Å². The van der Waals surface area contributed by atoms with E-state index in [2.05, 4.69) is 11.9 Å². The standard InChI is InChI=1S/C18H16N2O3S/c1-13(19-14(2)21)17-12-20(18-11-7-6-10-16(17)18)24(22,23)15-8-4-3-5-9-15/h3-12H,1H2,2H3,(H,19,21). The van der Waals surface area contributed by atoms with Gasteiger partial charge in [0, 0.05) is 29.8 Å². The minimum Gasteiger partial charge on any atom is -0.326 e. The van der Waals surface area contributed by atoms with Gasteiger partial charge >= 0.3 is 0 Å². The van der Waals surface area contributed by atoms with Crippen molar-refractivity contribution in [2.45, 2.75) is 11.8 Å². The van der Waals surface area contributed by atoms with Gasteiger partial charge in [-0.15, -0.1) is 0 Å². The minimum absolute atomic E-state index is 0.197. The van der Waals surface area contributed by atoms with Crippen molar-refractivity contribution in [3.8, 4) is 0 Å². The summed E-state index contributed by atoms with van der Waals surface area (Å²) in [6, 6.07) is 15.3. The Hall–Kier alpha value is -2.86. The average Bonchev–Trinajstić information content (AvgIpc) is 2.95. The monoisotopic (exact) mass is 340 g/mol. The van der Waals surface area contributed by atoms with Gasteiger partial charge in [0.25, 0.3) is 10.0 Å². The van der Waals surface area contributed by atoms with Gasteiger partial charge in [0.15, 0.2) is 0 Å². The summed E-state index contributed by atoms with van der Waals surface area (Å²) < 4.78 is 27.1. The molecule has 2 aromatic carbocycles. The highest BCUT2D eigenvalue weighted by molar-refractivity contribution is 7.90. The lowest BCUT2D eigenvalue weighted by molar-refractivity contribution is -0.117. The van der Waals surface area contributed by atoms with Crippen molar-refractivity contribution >= 4 is 32.5 Å². The summed E-state index contributed by atoms with van der Waals surface area (Å²) in [7, 11) is -3.74. The molecule has 122 valence electrons. The predicted octanol–water partition coefficient (Wildman–Crippen LogP) is 2.99. The molecule has 0 saturated heterocycles. The summed E-state index contributed by atoms with van der Waals surface area (Å²) in [5, 5.41) is 3.32. The Morgan fingerprint density at radius 1 is 1.04 bits per heavy atom. The first-order valence-electron chi connectivity index (χ1n) is 7.29. The van der Waals surface area contributed by atoms with Gasteiger partial charge in [0.05, 0.1) is 10.4 Å². The molecule has 0 atom stereocenters. The third-order valence-electron chi connectivity index (χ3n) is 3.63. The van der Waals surface area contributed by atoms with Gasteiger partial charge in [0.1, 0.15) is 0 Å². The molecular formula is C18H16N2O3S. The second kappa shape index (κ2) is 5.98. The molecule has 0 saturated carbocycles. The first-order valence-corrected chi connectivity index (χ1v) is 8.73. The molecule has 0 spiro atoms. The van der Waals surface area contributed by atoms with E-state index in [1.165, 1.54) is 17.1 Å². The lowest BCUT2D eigenvalue weighted by atomic mass is 10.1. The van der Waals surface area contributed by atoms with Crippen LogP contribution in [0.3, 0.4) is 0 Å². The Bertz CT molecular complexity index is 1030. The summed E-state index contributed by atoms with van der Waals surface area (Å²) >= 11 is 0. The fraction of sp³-hybridized carbons (Fsp3) is 0.0556. The summed E-state index contributed by atoms with van der Waals surface area (Å²) in [5.74, 6) is -0.261. The zero-order chi connectivity index (χ0) is 17.3. The Balaban J connectivity index is 2.23. The van der Waals surface area contributed by atoms with Crippen LogP contribution in [0.2, 0.25) is 0 Å². The number of hydrogen-bond acceptors (Lipinski definition) is 3. The zero-order valence-electron chi connectivity index (χ0n) is 13.1. The van der Waals surface area contributed by atoms with Crippen LogP contribution in [-0.2, 0) is 14.8 Å². The van der Waals surface area contributed by atoms with E-state index in [9.17, 15) is 13.2 Å². The Morgan fingerprint density at radius 3 is 2.33 bits per heavy atom. The molecule has 3 rings (SSSR count). The zero-order valence-corrected chi connectivity index (χ0v) is 13.9. The lowest BCUT2D eigenvalue weighted by Crippen LogP contribution is -2.17. The minimum atomic E-state index is -3.74. The molecule has 1 N–H and O–H groups in total. The van der Waals surface area contributed by atoms with Crippen molar-refractivity contribution in [2.75, 3.05) is 0 Å². The Labute approximate surface area is 140 Å². The number of benzene rings is 2. The van der Waals surface area contributed by atoms with Crippen molar-refractivity contribution in [2.24, 2.45) is 0 Å². The summed E-state index contributed by atoms with van der Waals surface area (Å²) in [6.45, 7) is 5.22. The van der Waals surface area contributed by atoms with E-state index in [1.807, 2.05) is 6.07 Å². The van der Waals surface area contributed by atoms with Gasteiger partial charge in [-0.1, -0.05) is 43.0 Å². The third kappa shape index (κ3) is 2.72. The second-order valence-electron chi connectivity index (χ2n) is 5.33. The molecule has 0 unspecified atom stereocenters. The third-order valence-corrected chi connectivity index (χ3v) is 5.32. The number of nitrogens with one attached hydrogen (secondary N) is 1. The van der Waals surface area contributed by atoms with Crippen molar-refractivity contribution in [1.29, 1.82) is 0 Å². The molecular weight excluding hydrogens is 324 g/mol. The number of aromatic nitrogens is 1. The number of amides is 1. The van der Waals surface area contributed by atoms with Crippen molar-refractivity contribution in [1.82, 2.24) is 9.29 Å². The molecule has 0 fully saturated rings. The van der Waals surface area contributed by atoms with Gasteiger partial charge < -0.3 is 5.32 Å². The molecule has 0 aliphatic rings. The van der Waals surface area contributed by atoms with E-state index in [0.717, 1.165) is 0 Å². The van der Waals surface area contributed by atoms with Crippen molar-refractivity contribution in [3.63, 3.8) is 0 Å². The molecule has 5 nitrogen and oxygen atoms in total. The molecule has 3 aromatic rings. The van der Waals surface area contributed by atoms with Crippen LogP contribution >= 0.6 is 0 Å². The number of rotatable bonds is 4. The normalized spacial score (nSPS) is 11.4. The number of fused-ring (bicyclic) bond motifs is 1. The van der Waals surface area contributed by atoms with Gasteiger partial charge in [-0.2, -0.15) is 0 Å². The van der Waals surface area contributed by atoms with Crippen LogP contribution < -0.4 is 5.32 Å². The smallest absolute Gasteiger partial charge is 0.268 e. The van der Waals surface area contributed by atoms with Crippen LogP contribution in [0.1, 0.15) is 12.5 Å². The van der Waals surface area contributed by atoms with E-state index < -0.39 is 10.0 Å². The second-order valence-corrected chi connectivity index (χ2v) is 7.15. The van der Waals surface area contributed by atoms with Gasteiger partial charge in [-0.25, -0.2) is 12.4 Å². The maximum atomic E-state index is 13.0. The molecule has 1 aromatic heterocycles. The number of para-hydroxylation sites is 1. The summed E-state index contributed by atoms with van der Waals surface area (Å²) in [6.07, 6.45) is 1.49. The Kier molecular flexibility index (Phi) is 3.99. The summed E-state index contributed by atoms with van der Waals surface area (Å²) in [5.41, 5.74) is 1.46. The first kappa shape index (κ1) is 16.0. The molecule has 6 heteroatoms. The van der Waals surface area contributed by atoms with Gasteiger partial charge in [0.2, 0.25) is 5.91 Å². The molecule has 0 radical (unpaired) electrons. The van der Waals surface area contributed by atoms with Crippen LogP contribution in [0.25, 0.3) is 16.6 Å². The largest absolute Gasteiger partial charge is 0.326 e. The molecule has 1 amide bonds. The van der Waals surface area contributed by atoms with E-state index >= 15 is 0 Å². The molecule has 0 bridgehead atoms. The number of carbonyl (C=O) groups is 1. The van der Waals surface area contributed by atoms with Gasteiger partial charge in [-0.3, -0.25) is 4.79 Å². The van der Waals surface area contributed by atoms with Crippen LogP contribution in [0, 0.1) is 0 Å². The maximum Gasteiger partial charge on any atom is 0.268 e. The average molecular weight is 340 g/mol. The quantitative estimate of drug-likeness (QED) is 0.794. The van der Waals surface area contributed by atoms with E-state index in [4.69, 9.17) is 0 Å². The predicted molar refractivity (Wildman–Crippen MR) is 93.8 cm³/mol. The highest BCUT2D eigenvalue weighted by Crippen LogP contribution is 2.28. The highest BCUT2D eigenvalue weighted by atomic mass is 32.2. The fourth-order valence-corrected chi connectivity index (χ4v) is 3.97. The van der Waals surface area contributed by atoms with E-state index in [1.54, 1.807) is 48.5 Å². The number of hydrogen-bond donors (Lipinski definition) is 1. The van der Waals surface area contributed by atoms with E-state index in [-0.39, 0.29) is 10.8 Å². The topological polar surface area (TPSA) is 68.2 Å². The SMILES string of the molecule is C=C(NC(C)=O)c1cn(S(=O)(=O)c2ccccc2)c2ccccc12. The van der Waals surface area contributed by atoms with E-state index in [0.29, 0.717) is 22.2 Å². The Morgan fingerprint density at radius 2 is 1.67 bits per heavy atom. The lowest BCUT2D eigenvalue weighted by Gasteiger charge is -2.07. The van der Waals surface area contributed by atoms with Gasteiger partial charge in [-0.05, 0) is 18.2 Å². The highest BCUT2D eigenvalue weighted by Gasteiger charge is 2.21. The fourth-order valence-electron chi connectivity index (χ4n) is 2.58. The number of carbonyl (C=O) groups excluding carboxylic acids is 1. The first-order chi connectivity index (χ1) is 11.4. The summed E-state index contributed by atoms with van der Waals surface area (Å²) in [4.78, 5) is 11.5. The molecule has 24 heavy (non-hydrogen) atoms. The maximum absolute atomic E-state index is 13.0. The molecule has 1 heterocycles. The molecule has 0 aliphatic heterocycles. The van der Waals surface area contributed by atoms with Crippen LogP contribution in [0.5, 0.6) is 0 Å². The molecule has 0 aliphatic carbocycles. The van der Waals surface area contributed by atoms with Crippen molar-refractivity contribution in [3.05, 3.63) is 72.9 Å². The van der Waals surface area contributed by atoms with Crippen LogP contribution in [-0.4, -0.2) is 18.3 Å². The number of nitrogens with zero attached hydrogens (tertiary/aromatic N) is 1.